The summed E-state index contributed by atoms with van der Waals surface area (Å²) in [7, 11) is 1.71. The SMILES string of the molecule is Cc1nn(CC(C)C)c(C)c1CC(=O)OCC(=O)N(C)Cc1cccs1. The Morgan fingerprint density at radius 3 is 2.69 bits per heavy atom. The van der Waals surface area contributed by atoms with Gasteiger partial charge in [-0.25, -0.2) is 0 Å². The van der Waals surface area contributed by atoms with Crippen molar-refractivity contribution in [1.29, 1.82) is 0 Å². The number of carbonyl (C=O) groups is 2. The Balaban J connectivity index is 1.87. The Bertz CT molecular complexity index is 750. The van der Waals surface area contributed by atoms with Crippen molar-refractivity contribution in [3.8, 4) is 0 Å². The molecule has 0 saturated carbocycles. The van der Waals surface area contributed by atoms with Crippen molar-refractivity contribution in [3.63, 3.8) is 0 Å². The van der Waals surface area contributed by atoms with Gasteiger partial charge in [-0.2, -0.15) is 5.10 Å². The van der Waals surface area contributed by atoms with Gasteiger partial charge in [0.05, 0.1) is 18.7 Å². The van der Waals surface area contributed by atoms with Gasteiger partial charge in [-0.1, -0.05) is 19.9 Å². The highest BCUT2D eigenvalue weighted by Gasteiger charge is 2.18. The predicted octanol–water partition coefficient (Wildman–Crippen LogP) is 2.96. The van der Waals surface area contributed by atoms with E-state index in [1.165, 1.54) is 0 Å². The Labute approximate surface area is 158 Å². The Hall–Kier alpha value is -2.15. The molecule has 2 heterocycles. The van der Waals surface area contributed by atoms with Gasteiger partial charge in [0.15, 0.2) is 6.61 Å². The minimum Gasteiger partial charge on any atom is -0.455 e. The molecule has 2 aromatic heterocycles. The van der Waals surface area contributed by atoms with Crippen LogP contribution in [0.5, 0.6) is 0 Å². The second-order valence-electron chi connectivity index (χ2n) is 6.89. The van der Waals surface area contributed by atoms with Gasteiger partial charge in [-0.15, -0.1) is 11.3 Å². The zero-order chi connectivity index (χ0) is 19.3. The number of carbonyl (C=O) groups excluding carboxylic acids is 2. The van der Waals surface area contributed by atoms with Crippen LogP contribution in [0.4, 0.5) is 0 Å². The molecule has 0 unspecified atom stereocenters. The summed E-state index contributed by atoms with van der Waals surface area (Å²) < 4.78 is 7.12. The number of aromatic nitrogens is 2. The number of thiophene rings is 1. The minimum atomic E-state index is -0.404. The van der Waals surface area contributed by atoms with Gasteiger partial charge in [-0.05, 0) is 31.2 Å². The van der Waals surface area contributed by atoms with E-state index < -0.39 is 5.97 Å². The van der Waals surface area contributed by atoms with Crippen molar-refractivity contribution in [1.82, 2.24) is 14.7 Å². The summed E-state index contributed by atoms with van der Waals surface area (Å²) >= 11 is 1.59. The number of likely N-dealkylation sites (N-methyl/N-ethyl adjacent to an activating group) is 1. The molecule has 0 aromatic carbocycles. The second-order valence-corrected chi connectivity index (χ2v) is 7.92. The van der Waals surface area contributed by atoms with Crippen molar-refractivity contribution in [2.75, 3.05) is 13.7 Å². The van der Waals surface area contributed by atoms with Crippen LogP contribution in [0.25, 0.3) is 0 Å². The van der Waals surface area contributed by atoms with Crippen LogP contribution >= 0.6 is 11.3 Å². The van der Waals surface area contributed by atoms with Crippen molar-refractivity contribution in [3.05, 3.63) is 39.3 Å². The smallest absolute Gasteiger partial charge is 0.310 e. The molecule has 2 rings (SSSR count). The van der Waals surface area contributed by atoms with Crippen LogP contribution in [0, 0.1) is 19.8 Å². The first kappa shape index (κ1) is 20.2. The third-order valence-corrected chi connectivity index (χ3v) is 5.01. The number of ether oxygens (including phenoxy) is 1. The summed E-state index contributed by atoms with van der Waals surface area (Å²) in [5.74, 6) is -0.141. The lowest BCUT2D eigenvalue weighted by Crippen LogP contribution is -2.30. The third-order valence-electron chi connectivity index (χ3n) is 4.15. The number of esters is 1. The summed E-state index contributed by atoms with van der Waals surface area (Å²) in [4.78, 5) is 26.9. The van der Waals surface area contributed by atoms with Crippen molar-refractivity contribution in [2.45, 2.75) is 47.2 Å². The highest BCUT2D eigenvalue weighted by atomic mass is 32.1. The van der Waals surface area contributed by atoms with Crippen LogP contribution in [-0.4, -0.2) is 40.2 Å². The molecule has 0 saturated heterocycles. The minimum absolute atomic E-state index is 0.137. The molecule has 0 N–H and O–H groups in total. The number of aryl methyl sites for hydroxylation is 1. The third kappa shape index (κ3) is 5.42. The van der Waals surface area contributed by atoms with Crippen molar-refractivity contribution >= 4 is 23.2 Å². The maximum absolute atomic E-state index is 12.2. The quantitative estimate of drug-likeness (QED) is 0.664. The molecule has 0 fully saturated rings. The van der Waals surface area contributed by atoms with E-state index in [1.807, 2.05) is 36.0 Å². The number of nitrogens with zero attached hydrogens (tertiary/aromatic N) is 3. The van der Waals surface area contributed by atoms with E-state index in [1.54, 1.807) is 23.3 Å². The standard InChI is InChI=1S/C19H27N3O3S/c1-13(2)10-22-15(4)17(14(3)20-22)9-19(24)25-12-18(23)21(5)11-16-7-6-8-26-16/h6-8,13H,9-12H2,1-5H3. The van der Waals surface area contributed by atoms with Gasteiger partial charge in [0.25, 0.3) is 5.91 Å². The highest BCUT2D eigenvalue weighted by molar-refractivity contribution is 7.09. The van der Waals surface area contributed by atoms with E-state index in [2.05, 4.69) is 18.9 Å². The first-order valence-electron chi connectivity index (χ1n) is 8.72. The number of hydrogen-bond donors (Lipinski definition) is 0. The van der Waals surface area contributed by atoms with E-state index in [0.717, 1.165) is 28.4 Å². The monoisotopic (exact) mass is 377 g/mol. The fraction of sp³-hybridized carbons (Fsp3) is 0.526. The van der Waals surface area contributed by atoms with Gasteiger partial charge in [0, 0.05) is 29.7 Å². The van der Waals surface area contributed by atoms with Crippen LogP contribution in [0.2, 0.25) is 0 Å². The summed E-state index contributed by atoms with van der Waals surface area (Å²) in [6.45, 7) is 9.21. The molecule has 1 amide bonds. The van der Waals surface area contributed by atoms with Gasteiger partial charge >= 0.3 is 5.97 Å². The highest BCUT2D eigenvalue weighted by Crippen LogP contribution is 2.16. The van der Waals surface area contributed by atoms with Gasteiger partial charge in [0.2, 0.25) is 0 Å². The zero-order valence-electron chi connectivity index (χ0n) is 16.1. The molecule has 6 nitrogen and oxygen atoms in total. The summed E-state index contributed by atoms with van der Waals surface area (Å²) in [5, 5.41) is 6.47. The molecule has 7 heteroatoms. The first-order chi connectivity index (χ1) is 12.3. The maximum atomic E-state index is 12.2. The molecule has 0 spiro atoms. The average molecular weight is 378 g/mol. The molecule has 142 valence electrons. The van der Waals surface area contributed by atoms with E-state index in [4.69, 9.17) is 4.74 Å². The van der Waals surface area contributed by atoms with Crippen LogP contribution in [0.3, 0.4) is 0 Å². The Kier molecular flexibility index (Phi) is 6.97. The lowest BCUT2D eigenvalue weighted by molar-refractivity contribution is -0.151. The molecule has 0 aliphatic carbocycles. The molecule has 0 aliphatic rings. The predicted molar refractivity (Wildman–Crippen MR) is 102 cm³/mol. The van der Waals surface area contributed by atoms with Crippen molar-refractivity contribution < 1.29 is 14.3 Å². The molecule has 0 radical (unpaired) electrons. The molecular formula is C19H27N3O3S. The lowest BCUT2D eigenvalue weighted by atomic mass is 10.1. The van der Waals surface area contributed by atoms with E-state index in [0.29, 0.717) is 12.5 Å². The average Bonchev–Trinajstić information content (AvgIpc) is 3.16. The van der Waals surface area contributed by atoms with Crippen LogP contribution < -0.4 is 0 Å². The van der Waals surface area contributed by atoms with Crippen LogP contribution in [0.1, 0.15) is 35.7 Å². The molecule has 0 atom stereocenters. The van der Waals surface area contributed by atoms with Crippen LogP contribution in [0.15, 0.2) is 17.5 Å². The van der Waals surface area contributed by atoms with Gasteiger partial charge in [0.1, 0.15) is 0 Å². The summed E-state index contributed by atoms with van der Waals surface area (Å²) in [6, 6.07) is 3.92. The molecule has 0 bridgehead atoms. The summed E-state index contributed by atoms with van der Waals surface area (Å²) in [6.07, 6.45) is 0.137. The maximum Gasteiger partial charge on any atom is 0.310 e. The van der Waals surface area contributed by atoms with Gasteiger partial charge in [-0.3, -0.25) is 14.3 Å². The van der Waals surface area contributed by atoms with E-state index in [9.17, 15) is 9.59 Å². The zero-order valence-corrected chi connectivity index (χ0v) is 16.9. The van der Waals surface area contributed by atoms with Crippen molar-refractivity contribution in [2.24, 2.45) is 5.92 Å². The number of amides is 1. The second kappa shape index (κ2) is 8.98. The fourth-order valence-electron chi connectivity index (χ4n) is 2.69. The summed E-state index contributed by atoms with van der Waals surface area (Å²) in [5.41, 5.74) is 2.70. The topological polar surface area (TPSA) is 64.4 Å². The molecule has 0 aliphatic heterocycles. The largest absolute Gasteiger partial charge is 0.455 e. The van der Waals surface area contributed by atoms with Crippen LogP contribution in [-0.2, 0) is 33.8 Å². The molecular weight excluding hydrogens is 350 g/mol. The fourth-order valence-corrected chi connectivity index (χ4v) is 3.44. The Morgan fingerprint density at radius 2 is 2.08 bits per heavy atom. The Morgan fingerprint density at radius 1 is 1.35 bits per heavy atom. The number of rotatable bonds is 8. The number of hydrogen-bond acceptors (Lipinski definition) is 5. The normalized spacial score (nSPS) is 11.0. The molecule has 2 aromatic rings. The van der Waals surface area contributed by atoms with Gasteiger partial charge < -0.3 is 9.64 Å². The molecule has 26 heavy (non-hydrogen) atoms. The lowest BCUT2D eigenvalue weighted by Gasteiger charge is -2.16. The van der Waals surface area contributed by atoms with E-state index in [-0.39, 0.29) is 18.9 Å². The first-order valence-corrected chi connectivity index (χ1v) is 9.60. The van der Waals surface area contributed by atoms with E-state index >= 15 is 0 Å².